The molecule has 11 aromatic rings. The van der Waals surface area contributed by atoms with Crippen LogP contribution < -0.4 is 0 Å². The molecule has 0 saturated heterocycles. The minimum absolute atomic E-state index is 0.292. The van der Waals surface area contributed by atoms with Crippen molar-refractivity contribution in [2.45, 2.75) is 18.8 Å². The number of aryl methyl sites for hydroxylation is 1. The third-order valence-electron chi connectivity index (χ3n) is 13.3. The van der Waals surface area contributed by atoms with Gasteiger partial charge in [-0.05, 0) is 131 Å². The summed E-state index contributed by atoms with van der Waals surface area (Å²) in [6, 6.07) is 84.8. The van der Waals surface area contributed by atoms with Crippen molar-refractivity contribution in [3.8, 4) is 67.0 Å². The average Bonchev–Trinajstić information content (AvgIpc) is 3.53. The molecule has 1 aromatic heterocycles. The molecular formula is C62H43N. The molecule has 1 heterocycles. The molecule has 10 aromatic carbocycles. The molecule has 0 amide bonds. The standard InChI is InChI=1S/C62H43N/c1-4-15-41(16-5-1)43-27-29-45(30-28-43)51-34-31-44-19-10-11-22-50(44)58-37-47(32-35-54(51)58)48-33-36-55-52-23-12-13-24-53(52)56-25-14-26-57(62(56)59(55)38-48)61-40-49(42-17-6-2-7-18-42)39-60(63-61)46-20-8-3-9-21-46/h1-30,32-33,35-40,51H,31,34H2. The summed E-state index contributed by atoms with van der Waals surface area (Å²) in [6.07, 6.45) is 2.10. The zero-order valence-electron chi connectivity index (χ0n) is 34.9. The van der Waals surface area contributed by atoms with Crippen LogP contribution in [-0.2, 0) is 6.42 Å². The van der Waals surface area contributed by atoms with Crippen LogP contribution in [0, 0.1) is 0 Å². The highest BCUT2D eigenvalue weighted by Crippen LogP contribution is 2.46. The van der Waals surface area contributed by atoms with Crippen LogP contribution in [0.5, 0.6) is 0 Å². The number of hydrogen-bond donors (Lipinski definition) is 0. The molecule has 296 valence electrons. The minimum Gasteiger partial charge on any atom is -0.248 e. The summed E-state index contributed by atoms with van der Waals surface area (Å²) in [5, 5.41) is 7.45. The van der Waals surface area contributed by atoms with Crippen LogP contribution >= 0.6 is 0 Å². The molecule has 0 fully saturated rings. The Morgan fingerprint density at radius 2 is 0.857 bits per heavy atom. The summed E-state index contributed by atoms with van der Waals surface area (Å²) < 4.78 is 0. The van der Waals surface area contributed by atoms with Crippen LogP contribution in [0.1, 0.15) is 29.0 Å². The fraction of sp³-hybridized carbons (Fsp3) is 0.0484. The molecule has 1 unspecified atom stereocenters. The van der Waals surface area contributed by atoms with Gasteiger partial charge in [-0.25, -0.2) is 4.98 Å². The van der Waals surface area contributed by atoms with Gasteiger partial charge in [0.25, 0.3) is 0 Å². The molecule has 1 nitrogen and oxygen atoms in total. The maximum Gasteiger partial charge on any atom is 0.0722 e. The van der Waals surface area contributed by atoms with Crippen LogP contribution in [0.4, 0.5) is 0 Å². The maximum atomic E-state index is 5.45. The fourth-order valence-corrected chi connectivity index (χ4v) is 10.2. The van der Waals surface area contributed by atoms with Crippen LogP contribution in [0.2, 0.25) is 0 Å². The van der Waals surface area contributed by atoms with E-state index < -0.39 is 0 Å². The number of pyridine rings is 1. The van der Waals surface area contributed by atoms with Crippen LogP contribution in [0.25, 0.3) is 99.3 Å². The van der Waals surface area contributed by atoms with E-state index in [0.717, 1.165) is 40.9 Å². The highest BCUT2D eigenvalue weighted by Gasteiger charge is 2.25. The van der Waals surface area contributed by atoms with Gasteiger partial charge in [0.1, 0.15) is 0 Å². The van der Waals surface area contributed by atoms with Crippen molar-refractivity contribution in [1.29, 1.82) is 0 Å². The van der Waals surface area contributed by atoms with E-state index in [0.29, 0.717) is 5.92 Å². The predicted octanol–water partition coefficient (Wildman–Crippen LogP) is 16.6. The summed E-state index contributed by atoms with van der Waals surface area (Å²) in [6.45, 7) is 0. The summed E-state index contributed by atoms with van der Waals surface area (Å²) in [5.74, 6) is 0.292. The van der Waals surface area contributed by atoms with Gasteiger partial charge in [-0.3, -0.25) is 0 Å². The van der Waals surface area contributed by atoms with Gasteiger partial charge in [0.05, 0.1) is 11.4 Å². The number of nitrogens with zero attached hydrogens (tertiary/aromatic N) is 1. The fourth-order valence-electron chi connectivity index (χ4n) is 10.2. The molecule has 63 heavy (non-hydrogen) atoms. The Bertz CT molecular complexity index is 3420. The van der Waals surface area contributed by atoms with E-state index in [4.69, 9.17) is 4.98 Å². The quantitative estimate of drug-likeness (QED) is 0.153. The topological polar surface area (TPSA) is 12.9 Å². The lowest BCUT2D eigenvalue weighted by Crippen LogP contribution is -2.02. The largest absolute Gasteiger partial charge is 0.248 e. The van der Waals surface area contributed by atoms with Gasteiger partial charge in [0.15, 0.2) is 0 Å². The molecule has 0 bridgehead atoms. The van der Waals surface area contributed by atoms with Crippen molar-refractivity contribution in [3.63, 3.8) is 0 Å². The Labute approximate surface area is 368 Å². The zero-order valence-corrected chi connectivity index (χ0v) is 34.9. The van der Waals surface area contributed by atoms with E-state index in [9.17, 15) is 0 Å². The second-order valence-electron chi connectivity index (χ2n) is 16.9. The van der Waals surface area contributed by atoms with E-state index in [1.165, 1.54) is 88.0 Å². The molecule has 12 rings (SSSR count). The third-order valence-corrected chi connectivity index (χ3v) is 13.3. The van der Waals surface area contributed by atoms with Crippen LogP contribution in [0.15, 0.2) is 231 Å². The SMILES string of the molecule is c1ccc(-c2ccc(C3CCc4ccccc4-c4cc(-c5ccc6c7ccccc7c7cccc(-c8cc(-c9ccccc9)cc(-c9ccccc9)n8)c7c6c5)ccc43)cc2)cc1. The second kappa shape index (κ2) is 15.5. The highest BCUT2D eigenvalue weighted by atomic mass is 14.7. The van der Waals surface area contributed by atoms with Crippen molar-refractivity contribution >= 4 is 32.3 Å². The van der Waals surface area contributed by atoms with Crippen molar-refractivity contribution in [1.82, 2.24) is 4.98 Å². The third kappa shape index (κ3) is 6.61. The zero-order chi connectivity index (χ0) is 41.7. The first-order valence-corrected chi connectivity index (χ1v) is 22.1. The number of rotatable bonds is 6. The van der Waals surface area contributed by atoms with E-state index in [1.807, 2.05) is 0 Å². The smallest absolute Gasteiger partial charge is 0.0722 e. The Balaban J connectivity index is 1.05. The van der Waals surface area contributed by atoms with Gasteiger partial charge < -0.3 is 0 Å². The maximum absolute atomic E-state index is 5.45. The molecule has 0 radical (unpaired) electrons. The van der Waals surface area contributed by atoms with Gasteiger partial charge in [0.2, 0.25) is 0 Å². The Kier molecular flexibility index (Phi) is 9.12. The summed E-state index contributed by atoms with van der Waals surface area (Å²) in [7, 11) is 0. The van der Waals surface area contributed by atoms with Crippen molar-refractivity contribution in [3.05, 3.63) is 247 Å². The molecule has 0 N–H and O–H groups in total. The van der Waals surface area contributed by atoms with Crippen molar-refractivity contribution < 1.29 is 0 Å². The molecule has 0 aliphatic heterocycles. The van der Waals surface area contributed by atoms with Gasteiger partial charge in [-0.2, -0.15) is 0 Å². The summed E-state index contributed by atoms with van der Waals surface area (Å²) in [5.41, 5.74) is 18.3. The van der Waals surface area contributed by atoms with Crippen molar-refractivity contribution in [2.24, 2.45) is 0 Å². The number of benzene rings is 10. The normalized spacial score (nSPS) is 13.4. The van der Waals surface area contributed by atoms with Gasteiger partial charge in [0, 0.05) is 17.0 Å². The Hall–Kier alpha value is -7.87. The highest BCUT2D eigenvalue weighted by molar-refractivity contribution is 6.28. The molecular weight excluding hydrogens is 759 g/mol. The van der Waals surface area contributed by atoms with E-state index in [2.05, 4.69) is 231 Å². The van der Waals surface area contributed by atoms with Crippen LogP contribution in [-0.4, -0.2) is 4.98 Å². The van der Waals surface area contributed by atoms with E-state index >= 15 is 0 Å². The van der Waals surface area contributed by atoms with Gasteiger partial charge in [-0.1, -0.05) is 206 Å². The first-order chi connectivity index (χ1) is 31.2. The first kappa shape index (κ1) is 36.9. The average molecular weight is 802 g/mol. The monoisotopic (exact) mass is 801 g/mol. The minimum atomic E-state index is 0.292. The van der Waals surface area contributed by atoms with E-state index in [1.54, 1.807) is 0 Å². The lowest BCUT2D eigenvalue weighted by Gasteiger charge is -2.20. The Morgan fingerprint density at radius 1 is 0.317 bits per heavy atom. The molecule has 0 spiro atoms. The molecule has 1 aliphatic rings. The molecule has 1 heteroatoms. The molecule has 0 saturated carbocycles. The van der Waals surface area contributed by atoms with Gasteiger partial charge >= 0.3 is 0 Å². The van der Waals surface area contributed by atoms with E-state index in [-0.39, 0.29) is 0 Å². The number of aromatic nitrogens is 1. The summed E-state index contributed by atoms with van der Waals surface area (Å²) >= 11 is 0. The van der Waals surface area contributed by atoms with Crippen molar-refractivity contribution in [2.75, 3.05) is 0 Å². The number of fused-ring (bicyclic) bond motifs is 9. The van der Waals surface area contributed by atoms with Crippen LogP contribution in [0.3, 0.4) is 0 Å². The number of hydrogen-bond acceptors (Lipinski definition) is 1. The first-order valence-electron chi connectivity index (χ1n) is 22.1. The Morgan fingerprint density at radius 3 is 1.62 bits per heavy atom. The van der Waals surface area contributed by atoms with Gasteiger partial charge in [-0.15, -0.1) is 0 Å². The lowest BCUT2D eigenvalue weighted by molar-refractivity contribution is 0.726. The molecule has 1 atom stereocenters. The lowest BCUT2D eigenvalue weighted by atomic mass is 9.83. The predicted molar refractivity (Wildman–Crippen MR) is 266 cm³/mol. The summed E-state index contributed by atoms with van der Waals surface area (Å²) in [4.78, 5) is 5.45. The molecule has 1 aliphatic carbocycles. The second-order valence-corrected chi connectivity index (χ2v) is 16.9.